The number of aromatic nitrogens is 2. The molecule has 0 aromatic carbocycles. The maximum atomic E-state index is 12.9. The molecular weight excluding hydrogens is 322 g/mol. The third-order valence-corrected chi connectivity index (χ3v) is 2.60. The number of rotatable bonds is 1. The molecule has 0 unspecified atom stereocenters. The van der Waals surface area contributed by atoms with Crippen LogP contribution in [0.3, 0.4) is 0 Å². The summed E-state index contributed by atoms with van der Waals surface area (Å²) in [6, 6.07) is 4.58. The zero-order valence-electron chi connectivity index (χ0n) is 9.85. The standard InChI is InChI=1S/C12H4ClF6N2/c13-9-5-6(3-4-20-9)7-1-2-8(11(14,15)16)21-10(7)12(17,18)19/h2-5H. The molecule has 0 aliphatic heterocycles. The zero-order chi connectivity index (χ0) is 15.8. The van der Waals surface area contributed by atoms with Crippen molar-refractivity contribution in [1.29, 1.82) is 0 Å². The lowest BCUT2D eigenvalue weighted by Crippen LogP contribution is -2.16. The predicted octanol–water partition coefficient (Wildman–Crippen LogP) is 4.63. The Labute approximate surface area is 119 Å². The average molecular weight is 326 g/mol. The molecule has 0 atom stereocenters. The fourth-order valence-electron chi connectivity index (χ4n) is 1.55. The summed E-state index contributed by atoms with van der Waals surface area (Å²) in [6.45, 7) is 0. The van der Waals surface area contributed by atoms with Crippen LogP contribution in [0.25, 0.3) is 11.1 Å². The van der Waals surface area contributed by atoms with Crippen LogP contribution in [0.1, 0.15) is 11.4 Å². The molecule has 2 rings (SSSR count). The maximum absolute atomic E-state index is 12.9. The molecule has 0 aliphatic carbocycles. The van der Waals surface area contributed by atoms with Gasteiger partial charge in [0.1, 0.15) is 10.8 Å². The molecule has 0 aliphatic rings. The highest BCUT2D eigenvalue weighted by molar-refractivity contribution is 6.29. The summed E-state index contributed by atoms with van der Waals surface area (Å²) in [5.74, 6) is 0. The average Bonchev–Trinajstić information content (AvgIpc) is 2.36. The van der Waals surface area contributed by atoms with Crippen LogP contribution in [-0.4, -0.2) is 9.97 Å². The Morgan fingerprint density at radius 1 is 1.05 bits per heavy atom. The van der Waals surface area contributed by atoms with E-state index in [2.05, 4.69) is 9.97 Å². The highest BCUT2D eigenvalue weighted by atomic mass is 35.5. The summed E-state index contributed by atoms with van der Waals surface area (Å²) in [5, 5.41) is -0.103. The van der Waals surface area contributed by atoms with Gasteiger partial charge in [0.2, 0.25) is 0 Å². The second kappa shape index (κ2) is 5.18. The van der Waals surface area contributed by atoms with Gasteiger partial charge in [-0.25, -0.2) is 9.97 Å². The minimum atomic E-state index is -5.07. The van der Waals surface area contributed by atoms with Crippen molar-refractivity contribution < 1.29 is 26.3 Å². The molecule has 21 heavy (non-hydrogen) atoms. The Kier molecular flexibility index (Phi) is 3.83. The van der Waals surface area contributed by atoms with Gasteiger partial charge in [0.05, 0.1) is 0 Å². The number of halogens is 7. The van der Waals surface area contributed by atoms with Crippen molar-refractivity contribution >= 4 is 11.6 Å². The minimum Gasteiger partial charge on any atom is -0.245 e. The molecule has 2 aromatic heterocycles. The van der Waals surface area contributed by atoms with E-state index in [0.29, 0.717) is 6.07 Å². The molecule has 0 spiro atoms. The molecule has 0 saturated carbocycles. The fourth-order valence-corrected chi connectivity index (χ4v) is 1.72. The Bertz CT molecular complexity index is 666. The molecule has 0 amide bonds. The summed E-state index contributed by atoms with van der Waals surface area (Å²) >= 11 is 5.56. The van der Waals surface area contributed by atoms with Crippen LogP contribution in [0.15, 0.2) is 24.4 Å². The second-order valence-corrected chi connectivity index (χ2v) is 4.26. The minimum absolute atomic E-state index is 0.0800. The maximum Gasteiger partial charge on any atom is 0.433 e. The SMILES string of the molecule is FC(F)(F)c1c[c]c(-c2ccnc(Cl)c2)c(C(F)(F)F)n1. The van der Waals surface area contributed by atoms with Crippen LogP contribution in [0.5, 0.6) is 0 Å². The van der Waals surface area contributed by atoms with Crippen LogP contribution in [-0.2, 0) is 12.4 Å². The van der Waals surface area contributed by atoms with E-state index in [4.69, 9.17) is 11.6 Å². The monoisotopic (exact) mass is 325 g/mol. The third-order valence-electron chi connectivity index (χ3n) is 2.40. The lowest BCUT2D eigenvalue weighted by atomic mass is 10.0. The molecule has 0 fully saturated rings. The van der Waals surface area contributed by atoms with Gasteiger partial charge in [-0.3, -0.25) is 0 Å². The van der Waals surface area contributed by atoms with E-state index in [1.165, 1.54) is 6.07 Å². The lowest BCUT2D eigenvalue weighted by Gasteiger charge is -2.14. The van der Waals surface area contributed by atoms with E-state index >= 15 is 0 Å². The van der Waals surface area contributed by atoms with Gasteiger partial charge >= 0.3 is 12.4 Å². The number of alkyl halides is 6. The summed E-state index contributed by atoms with van der Waals surface area (Å²) in [6.07, 6.45) is -8.93. The molecule has 2 aromatic rings. The Balaban J connectivity index is 2.67. The largest absolute Gasteiger partial charge is 0.433 e. The van der Waals surface area contributed by atoms with Crippen molar-refractivity contribution in [3.05, 3.63) is 47.0 Å². The molecule has 0 saturated heterocycles. The summed E-state index contributed by atoms with van der Waals surface area (Å²) in [4.78, 5) is 6.26. The van der Waals surface area contributed by atoms with E-state index in [9.17, 15) is 26.3 Å². The number of hydrogen-bond donors (Lipinski definition) is 0. The van der Waals surface area contributed by atoms with Crippen LogP contribution in [0, 0.1) is 6.07 Å². The van der Waals surface area contributed by atoms with Gasteiger partial charge in [0, 0.05) is 11.8 Å². The second-order valence-electron chi connectivity index (χ2n) is 3.87. The third kappa shape index (κ3) is 3.44. The van der Waals surface area contributed by atoms with Crippen molar-refractivity contribution in [1.82, 2.24) is 9.97 Å². The van der Waals surface area contributed by atoms with Crippen molar-refractivity contribution in [2.24, 2.45) is 0 Å². The predicted molar refractivity (Wildman–Crippen MR) is 61.3 cm³/mol. The van der Waals surface area contributed by atoms with Crippen LogP contribution < -0.4 is 0 Å². The summed E-state index contributed by atoms with van der Waals surface area (Å²) < 4.78 is 76.1. The van der Waals surface area contributed by atoms with E-state index < -0.39 is 29.3 Å². The highest BCUT2D eigenvalue weighted by Crippen LogP contribution is 2.38. The number of hydrogen-bond acceptors (Lipinski definition) is 2. The quantitative estimate of drug-likeness (QED) is 0.564. The highest BCUT2D eigenvalue weighted by Gasteiger charge is 2.40. The van der Waals surface area contributed by atoms with E-state index in [-0.39, 0.29) is 10.7 Å². The Hall–Kier alpha value is -1.83. The van der Waals surface area contributed by atoms with E-state index in [1.54, 1.807) is 0 Å². The van der Waals surface area contributed by atoms with Gasteiger partial charge in [0.25, 0.3) is 0 Å². The van der Waals surface area contributed by atoms with Crippen LogP contribution in [0.2, 0.25) is 5.15 Å². The molecule has 111 valence electrons. The molecule has 2 nitrogen and oxygen atoms in total. The smallest absolute Gasteiger partial charge is 0.245 e. The molecule has 9 heteroatoms. The molecule has 0 bridgehead atoms. The first kappa shape index (κ1) is 15.6. The molecule has 1 radical (unpaired) electrons. The van der Waals surface area contributed by atoms with Crippen molar-refractivity contribution in [3.8, 4) is 11.1 Å². The van der Waals surface area contributed by atoms with Crippen LogP contribution >= 0.6 is 11.6 Å². The van der Waals surface area contributed by atoms with E-state index in [1.807, 2.05) is 6.07 Å². The van der Waals surface area contributed by atoms with Crippen molar-refractivity contribution in [2.75, 3.05) is 0 Å². The van der Waals surface area contributed by atoms with Gasteiger partial charge < -0.3 is 0 Å². The van der Waals surface area contributed by atoms with Gasteiger partial charge in [-0.05, 0) is 29.8 Å². The van der Waals surface area contributed by atoms with Gasteiger partial charge in [-0.1, -0.05) is 11.6 Å². The first-order chi connectivity index (χ1) is 9.59. The summed E-state index contributed by atoms with van der Waals surface area (Å²) in [7, 11) is 0. The van der Waals surface area contributed by atoms with Gasteiger partial charge in [-0.2, -0.15) is 26.3 Å². The molecule has 0 N–H and O–H groups in total. The van der Waals surface area contributed by atoms with Crippen molar-refractivity contribution in [2.45, 2.75) is 12.4 Å². The van der Waals surface area contributed by atoms with Gasteiger partial charge in [-0.15, -0.1) is 0 Å². The molecule has 2 heterocycles. The first-order valence-corrected chi connectivity index (χ1v) is 5.66. The van der Waals surface area contributed by atoms with Crippen molar-refractivity contribution in [3.63, 3.8) is 0 Å². The zero-order valence-corrected chi connectivity index (χ0v) is 10.6. The fraction of sp³-hybridized carbons (Fsp3) is 0.167. The number of nitrogens with zero attached hydrogens (tertiary/aromatic N) is 2. The lowest BCUT2D eigenvalue weighted by molar-refractivity contribution is -0.149. The van der Waals surface area contributed by atoms with Gasteiger partial charge in [0.15, 0.2) is 5.69 Å². The number of pyridine rings is 2. The van der Waals surface area contributed by atoms with E-state index in [0.717, 1.165) is 12.3 Å². The Morgan fingerprint density at radius 3 is 2.24 bits per heavy atom. The summed E-state index contributed by atoms with van der Waals surface area (Å²) in [5.41, 5.74) is -4.05. The first-order valence-electron chi connectivity index (χ1n) is 5.28. The van der Waals surface area contributed by atoms with Crippen LogP contribution in [0.4, 0.5) is 26.3 Å². The molecular formula is C12H4ClF6N2. The Morgan fingerprint density at radius 2 is 1.71 bits per heavy atom. The normalized spacial score (nSPS) is 12.5. The topological polar surface area (TPSA) is 25.8 Å².